The minimum absolute atomic E-state index is 0.141. The van der Waals surface area contributed by atoms with Gasteiger partial charge >= 0.3 is 0 Å². The molecule has 0 aromatic heterocycles. The van der Waals surface area contributed by atoms with Gasteiger partial charge in [0.25, 0.3) is 5.91 Å². The summed E-state index contributed by atoms with van der Waals surface area (Å²) in [4.78, 5) is 12.8. The maximum Gasteiger partial charge on any atom is 0.265 e. The first-order valence-electron chi connectivity index (χ1n) is 11.1. The third kappa shape index (κ3) is 5.66. The summed E-state index contributed by atoms with van der Waals surface area (Å²) < 4.78 is 11.8. The summed E-state index contributed by atoms with van der Waals surface area (Å²) in [5.74, 6) is 1.39. The van der Waals surface area contributed by atoms with Crippen LogP contribution in [0.4, 0.5) is 5.69 Å². The summed E-state index contributed by atoms with van der Waals surface area (Å²) in [6.45, 7) is 2.47. The quantitative estimate of drug-likeness (QED) is 0.495. The molecular weight excluding hydrogens is 386 g/mol. The Kier molecular flexibility index (Phi) is 6.88. The summed E-state index contributed by atoms with van der Waals surface area (Å²) >= 11 is 0. The Hall–Kier alpha value is -3.27. The van der Waals surface area contributed by atoms with E-state index in [9.17, 15) is 4.79 Å². The van der Waals surface area contributed by atoms with Crippen molar-refractivity contribution in [2.75, 3.05) is 5.32 Å². The zero-order valence-electron chi connectivity index (χ0n) is 18.0. The van der Waals surface area contributed by atoms with Gasteiger partial charge in [0.05, 0.1) is 0 Å². The van der Waals surface area contributed by atoms with Gasteiger partial charge in [-0.15, -0.1) is 0 Å². The van der Waals surface area contributed by atoms with Crippen molar-refractivity contribution in [2.24, 2.45) is 0 Å². The first-order valence-corrected chi connectivity index (χ1v) is 11.1. The number of carbonyl (C=O) groups is 1. The molecule has 0 radical (unpaired) electrons. The van der Waals surface area contributed by atoms with Crippen molar-refractivity contribution in [1.82, 2.24) is 0 Å². The number of benzene rings is 3. The molecule has 1 amide bonds. The fourth-order valence-corrected chi connectivity index (χ4v) is 3.87. The molecule has 1 aliphatic carbocycles. The van der Waals surface area contributed by atoms with Gasteiger partial charge in [-0.1, -0.05) is 43.3 Å². The van der Waals surface area contributed by atoms with E-state index in [4.69, 9.17) is 9.47 Å². The third-order valence-corrected chi connectivity index (χ3v) is 5.63. The monoisotopic (exact) mass is 415 g/mol. The van der Waals surface area contributed by atoms with Crippen molar-refractivity contribution in [2.45, 2.75) is 51.7 Å². The van der Waals surface area contributed by atoms with Crippen LogP contribution in [0.5, 0.6) is 11.5 Å². The Labute approximate surface area is 184 Å². The van der Waals surface area contributed by atoms with E-state index in [0.717, 1.165) is 35.6 Å². The van der Waals surface area contributed by atoms with Crippen molar-refractivity contribution in [3.8, 4) is 11.5 Å². The molecule has 0 aliphatic heterocycles. The molecule has 0 saturated carbocycles. The Morgan fingerprint density at radius 1 is 0.903 bits per heavy atom. The smallest absolute Gasteiger partial charge is 0.265 e. The predicted molar refractivity (Wildman–Crippen MR) is 124 cm³/mol. The summed E-state index contributed by atoms with van der Waals surface area (Å²) in [5.41, 5.74) is 4.60. The van der Waals surface area contributed by atoms with E-state index in [1.54, 1.807) is 0 Å². The molecule has 0 bridgehead atoms. The molecule has 4 heteroatoms. The Bertz CT molecular complexity index is 999. The molecule has 160 valence electrons. The molecule has 1 atom stereocenters. The molecule has 3 aromatic carbocycles. The van der Waals surface area contributed by atoms with Crippen LogP contribution in [0.1, 0.15) is 42.9 Å². The SMILES string of the molecule is CCC(Oc1ccc2c(c1)CCCC2)C(=O)Nc1ccc(OCc2ccccc2)cc1. The number of aryl methyl sites for hydroxylation is 2. The maximum absolute atomic E-state index is 12.8. The van der Waals surface area contributed by atoms with E-state index in [0.29, 0.717) is 13.0 Å². The number of hydrogen-bond acceptors (Lipinski definition) is 3. The molecule has 31 heavy (non-hydrogen) atoms. The van der Waals surface area contributed by atoms with Crippen molar-refractivity contribution in [1.29, 1.82) is 0 Å². The van der Waals surface area contributed by atoms with Crippen LogP contribution in [0.25, 0.3) is 0 Å². The average Bonchev–Trinajstić information content (AvgIpc) is 2.82. The van der Waals surface area contributed by atoms with Crippen molar-refractivity contribution in [3.63, 3.8) is 0 Å². The van der Waals surface area contributed by atoms with Gasteiger partial charge in [-0.25, -0.2) is 0 Å². The van der Waals surface area contributed by atoms with Gasteiger partial charge in [-0.2, -0.15) is 0 Å². The average molecular weight is 416 g/mol. The first kappa shape index (κ1) is 21.0. The van der Waals surface area contributed by atoms with Crippen LogP contribution in [0.3, 0.4) is 0 Å². The highest BCUT2D eigenvalue weighted by atomic mass is 16.5. The fourth-order valence-electron chi connectivity index (χ4n) is 3.87. The second-order valence-electron chi connectivity index (χ2n) is 7.94. The molecule has 4 rings (SSSR count). The number of carbonyl (C=O) groups excluding carboxylic acids is 1. The molecule has 4 nitrogen and oxygen atoms in total. The van der Waals surface area contributed by atoms with Gasteiger partial charge in [0.2, 0.25) is 0 Å². The standard InChI is InChI=1S/C27H29NO3/c1-2-26(31-25-15-12-21-10-6-7-11-22(21)18-25)27(29)28-23-13-16-24(17-14-23)30-19-20-8-4-3-5-9-20/h3-5,8-9,12-18,26H,2,6-7,10-11,19H2,1H3,(H,28,29). The predicted octanol–water partition coefficient (Wildman–Crippen LogP) is 5.94. The molecule has 1 N–H and O–H groups in total. The van der Waals surface area contributed by atoms with Crippen LogP contribution in [0, 0.1) is 0 Å². The molecule has 0 spiro atoms. The van der Waals surface area contributed by atoms with Crippen molar-refractivity contribution < 1.29 is 14.3 Å². The number of anilines is 1. The van der Waals surface area contributed by atoms with Gasteiger partial charge in [0.15, 0.2) is 6.10 Å². The van der Waals surface area contributed by atoms with E-state index < -0.39 is 6.10 Å². The van der Waals surface area contributed by atoms with E-state index in [2.05, 4.69) is 17.4 Å². The zero-order valence-corrected chi connectivity index (χ0v) is 18.0. The molecule has 0 saturated heterocycles. The summed E-state index contributed by atoms with van der Waals surface area (Å²) in [6.07, 6.45) is 4.77. The molecule has 3 aromatic rings. The lowest BCUT2D eigenvalue weighted by Crippen LogP contribution is -2.32. The maximum atomic E-state index is 12.8. The number of nitrogens with one attached hydrogen (secondary N) is 1. The topological polar surface area (TPSA) is 47.6 Å². The largest absolute Gasteiger partial charge is 0.489 e. The number of ether oxygens (including phenoxy) is 2. The highest BCUT2D eigenvalue weighted by Crippen LogP contribution is 2.26. The Morgan fingerprint density at radius 3 is 2.35 bits per heavy atom. The molecule has 1 unspecified atom stereocenters. The highest BCUT2D eigenvalue weighted by molar-refractivity contribution is 5.94. The van der Waals surface area contributed by atoms with E-state index in [-0.39, 0.29) is 5.91 Å². The molecule has 1 aliphatic rings. The Morgan fingerprint density at radius 2 is 1.61 bits per heavy atom. The number of amides is 1. The van der Waals surface area contributed by atoms with Crippen LogP contribution < -0.4 is 14.8 Å². The number of rotatable bonds is 8. The normalized spacial score (nSPS) is 13.7. The van der Waals surface area contributed by atoms with Gasteiger partial charge in [-0.05, 0) is 85.2 Å². The van der Waals surface area contributed by atoms with Crippen molar-refractivity contribution >= 4 is 11.6 Å². The lowest BCUT2D eigenvalue weighted by molar-refractivity contribution is -0.122. The molecular formula is C27H29NO3. The first-order chi connectivity index (χ1) is 15.2. The number of fused-ring (bicyclic) bond motifs is 1. The lowest BCUT2D eigenvalue weighted by Gasteiger charge is -2.20. The van der Waals surface area contributed by atoms with Crippen LogP contribution in [0.15, 0.2) is 72.8 Å². The Balaban J connectivity index is 1.33. The van der Waals surface area contributed by atoms with Crippen LogP contribution in [-0.2, 0) is 24.2 Å². The zero-order chi connectivity index (χ0) is 21.5. The third-order valence-electron chi connectivity index (χ3n) is 5.63. The summed E-state index contributed by atoms with van der Waals surface area (Å²) in [5, 5.41) is 2.96. The van der Waals surface area contributed by atoms with Gasteiger partial charge < -0.3 is 14.8 Å². The number of hydrogen-bond donors (Lipinski definition) is 1. The van der Waals surface area contributed by atoms with E-state index >= 15 is 0 Å². The fraction of sp³-hybridized carbons (Fsp3) is 0.296. The van der Waals surface area contributed by atoms with E-state index in [1.807, 2.05) is 67.6 Å². The summed E-state index contributed by atoms with van der Waals surface area (Å²) in [6, 6.07) is 23.7. The highest BCUT2D eigenvalue weighted by Gasteiger charge is 2.19. The summed E-state index contributed by atoms with van der Waals surface area (Å²) in [7, 11) is 0. The van der Waals surface area contributed by atoms with Crippen LogP contribution in [-0.4, -0.2) is 12.0 Å². The van der Waals surface area contributed by atoms with Crippen LogP contribution >= 0.6 is 0 Å². The molecule has 0 heterocycles. The van der Waals surface area contributed by atoms with Gasteiger partial charge in [-0.3, -0.25) is 4.79 Å². The minimum atomic E-state index is -0.532. The second-order valence-corrected chi connectivity index (χ2v) is 7.94. The lowest BCUT2D eigenvalue weighted by atomic mass is 9.92. The molecule has 0 fully saturated rings. The van der Waals surface area contributed by atoms with Gasteiger partial charge in [0.1, 0.15) is 18.1 Å². The second kappa shape index (κ2) is 10.2. The van der Waals surface area contributed by atoms with Crippen molar-refractivity contribution in [3.05, 3.63) is 89.5 Å². The van der Waals surface area contributed by atoms with E-state index in [1.165, 1.54) is 24.0 Å². The van der Waals surface area contributed by atoms with Crippen LogP contribution in [0.2, 0.25) is 0 Å². The van der Waals surface area contributed by atoms with Gasteiger partial charge in [0, 0.05) is 5.69 Å². The minimum Gasteiger partial charge on any atom is -0.489 e.